The number of urea groups is 1. The number of benzene rings is 1. The van der Waals surface area contributed by atoms with Crippen LogP contribution in [-0.4, -0.2) is 24.9 Å². The normalized spacial score (nSPS) is 9.71. The summed E-state index contributed by atoms with van der Waals surface area (Å²) in [6, 6.07) is 9.74. The van der Waals surface area contributed by atoms with Gasteiger partial charge in [0, 0.05) is 19.5 Å². The van der Waals surface area contributed by atoms with E-state index >= 15 is 0 Å². The largest absolute Gasteiger partial charge is 0.338 e. The Labute approximate surface area is 101 Å². The molecule has 1 aromatic rings. The summed E-state index contributed by atoms with van der Waals surface area (Å²) in [4.78, 5) is 21.9. The molecule has 0 aliphatic heterocycles. The summed E-state index contributed by atoms with van der Waals surface area (Å²) in [5, 5.41) is 5.37. The first kappa shape index (κ1) is 13.2. The molecule has 0 bridgehead atoms. The van der Waals surface area contributed by atoms with Gasteiger partial charge in [0.2, 0.25) is 0 Å². The fraction of sp³-hybridized carbons (Fsp3) is 0.385. The van der Waals surface area contributed by atoms with Gasteiger partial charge < -0.3 is 10.6 Å². The number of carbonyl (C=O) groups is 2. The quantitative estimate of drug-likeness (QED) is 0.783. The van der Waals surface area contributed by atoms with Crippen LogP contribution in [0, 0.1) is 0 Å². The molecule has 0 heterocycles. The number of hydrogen-bond donors (Lipinski definition) is 2. The maximum atomic E-state index is 11.3. The standard InChI is InChI=1S/C13H18N2O2/c1-11(16)7-9-14-13(17)15-10-8-12-5-3-2-4-6-12/h2-6H,7-10H2,1H3,(H2,14,15,17). The number of rotatable bonds is 6. The Morgan fingerprint density at radius 1 is 1.06 bits per heavy atom. The van der Waals surface area contributed by atoms with Gasteiger partial charge in [0.1, 0.15) is 5.78 Å². The van der Waals surface area contributed by atoms with Gasteiger partial charge >= 0.3 is 6.03 Å². The lowest BCUT2D eigenvalue weighted by Gasteiger charge is -2.06. The van der Waals surface area contributed by atoms with Crippen LogP contribution in [0.1, 0.15) is 18.9 Å². The number of hydrogen-bond acceptors (Lipinski definition) is 2. The van der Waals surface area contributed by atoms with E-state index in [1.807, 2.05) is 30.3 Å². The molecule has 0 aliphatic carbocycles. The van der Waals surface area contributed by atoms with Crippen molar-refractivity contribution in [3.63, 3.8) is 0 Å². The lowest BCUT2D eigenvalue weighted by molar-refractivity contribution is -0.116. The minimum atomic E-state index is -0.220. The summed E-state index contributed by atoms with van der Waals surface area (Å²) in [5.74, 6) is 0.0783. The van der Waals surface area contributed by atoms with Gasteiger partial charge in [-0.25, -0.2) is 4.79 Å². The number of amides is 2. The fourth-order valence-electron chi connectivity index (χ4n) is 1.38. The molecule has 1 rings (SSSR count). The van der Waals surface area contributed by atoms with Crippen molar-refractivity contribution in [1.82, 2.24) is 10.6 Å². The van der Waals surface area contributed by atoms with E-state index in [-0.39, 0.29) is 11.8 Å². The van der Waals surface area contributed by atoms with E-state index in [0.717, 1.165) is 6.42 Å². The molecule has 0 spiro atoms. The minimum absolute atomic E-state index is 0.0783. The molecule has 0 radical (unpaired) electrons. The highest BCUT2D eigenvalue weighted by molar-refractivity contribution is 5.77. The van der Waals surface area contributed by atoms with E-state index in [1.54, 1.807) is 0 Å². The number of carbonyl (C=O) groups excluding carboxylic acids is 2. The lowest BCUT2D eigenvalue weighted by Crippen LogP contribution is -2.37. The molecule has 0 aliphatic rings. The zero-order valence-corrected chi connectivity index (χ0v) is 10.0. The summed E-state index contributed by atoms with van der Waals surface area (Å²) in [6.45, 7) is 2.50. The van der Waals surface area contributed by atoms with E-state index in [2.05, 4.69) is 10.6 Å². The Hall–Kier alpha value is -1.84. The summed E-state index contributed by atoms with van der Waals surface area (Å²) < 4.78 is 0. The van der Waals surface area contributed by atoms with Crippen LogP contribution in [0.4, 0.5) is 4.79 Å². The maximum absolute atomic E-state index is 11.3. The average molecular weight is 234 g/mol. The molecular weight excluding hydrogens is 216 g/mol. The van der Waals surface area contributed by atoms with E-state index in [4.69, 9.17) is 0 Å². The average Bonchev–Trinajstić information content (AvgIpc) is 2.30. The molecule has 0 unspecified atom stereocenters. The molecule has 4 heteroatoms. The molecule has 17 heavy (non-hydrogen) atoms. The third kappa shape index (κ3) is 6.35. The third-order valence-corrected chi connectivity index (χ3v) is 2.30. The van der Waals surface area contributed by atoms with Gasteiger partial charge in [0.15, 0.2) is 0 Å². The van der Waals surface area contributed by atoms with Gasteiger partial charge in [-0.1, -0.05) is 30.3 Å². The highest BCUT2D eigenvalue weighted by Crippen LogP contribution is 1.97. The van der Waals surface area contributed by atoms with Gasteiger partial charge in [-0.05, 0) is 18.9 Å². The number of nitrogens with one attached hydrogen (secondary N) is 2. The van der Waals surface area contributed by atoms with Crippen molar-refractivity contribution in [3.05, 3.63) is 35.9 Å². The molecule has 0 saturated heterocycles. The third-order valence-electron chi connectivity index (χ3n) is 2.30. The zero-order chi connectivity index (χ0) is 12.5. The lowest BCUT2D eigenvalue weighted by atomic mass is 10.1. The highest BCUT2D eigenvalue weighted by atomic mass is 16.2. The van der Waals surface area contributed by atoms with Crippen molar-refractivity contribution in [3.8, 4) is 0 Å². The summed E-state index contributed by atoms with van der Waals surface area (Å²) in [7, 11) is 0. The van der Waals surface area contributed by atoms with Crippen molar-refractivity contribution in [2.45, 2.75) is 19.8 Å². The summed E-state index contributed by atoms with van der Waals surface area (Å²) in [5.41, 5.74) is 1.19. The molecular formula is C13H18N2O2. The van der Waals surface area contributed by atoms with Crippen molar-refractivity contribution >= 4 is 11.8 Å². The first-order chi connectivity index (χ1) is 8.18. The molecule has 0 atom stereocenters. The van der Waals surface area contributed by atoms with Crippen molar-refractivity contribution < 1.29 is 9.59 Å². The van der Waals surface area contributed by atoms with Crippen molar-refractivity contribution in [2.24, 2.45) is 0 Å². The van der Waals surface area contributed by atoms with Crippen LogP contribution in [-0.2, 0) is 11.2 Å². The molecule has 2 amide bonds. The van der Waals surface area contributed by atoms with Crippen LogP contribution in [0.3, 0.4) is 0 Å². The van der Waals surface area contributed by atoms with Crippen LogP contribution >= 0.6 is 0 Å². The molecule has 0 fully saturated rings. The first-order valence-electron chi connectivity index (χ1n) is 5.73. The Morgan fingerprint density at radius 2 is 1.71 bits per heavy atom. The Morgan fingerprint density at radius 3 is 2.35 bits per heavy atom. The van der Waals surface area contributed by atoms with Crippen LogP contribution in [0.2, 0.25) is 0 Å². The predicted molar refractivity (Wildman–Crippen MR) is 66.8 cm³/mol. The van der Waals surface area contributed by atoms with Crippen LogP contribution in [0.25, 0.3) is 0 Å². The van der Waals surface area contributed by atoms with E-state index in [1.165, 1.54) is 12.5 Å². The molecule has 0 aromatic heterocycles. The van der Waals surface area contributed by atoms with Gasteiger partial charge in [-0.15, -0.1) is 0 Å². The summed E-state index contributed by atoms with van der Waals surface area (Å²) in [6.07, 6.45) is 1.19. The molecule has 0 saturated carbocycles. The van der Waals surface area contributed by atoms with Crippen LogP contribution in [0.15, 0.2) is 30.3 Å². The Kier molecular flexibility index (Phi) is 5.79. The minimum Gasteiger partial charge on any atom is -0.338 e. The molecule has 92 valence electrons. The zero-order valence-electron chi connectivity index (χ0n) is 10.0. The van der Waals surface area contributed by atoms with Gasteiger partial charge in [-0.3, -0.25) is 4.79 Å². The smallest absolute Gasteiger partial charge is 0.314 e. The molecule has 4 nitrogen and oxygen atoms in total. The summed E-state index contributed by atoms with van der Waals surface area (Å²) >= 11 is 0. The second-order valence-corrected chi connectivity index (χ2v) is 3.87. The maximum Gasteiger partial charge on any atom is 0.314 e. The molecule has 1 aromatic carbocycles. The van der Waals surface area contributed by atoms with Crippen LogP contribution in [0.5, 0.6) is 0 Å². The van der Waals surface area contributed by atoms with Gasteiger partial charge in [0.05, 0.1) is 0 Å². The van der Waals surface area contributed by atoms with Crippen LogP contribution < -0.4 is 10.6 Å². The molecule has 2 N–H and O–H groups in total. The predicted octanol–water partition coefficient (Wildman–Crippen LogP) is 1.51. The topological polar surface area (TPSA) is 58.2 Å². The van der Waals surface area contributed by atoms with E-state index in [9.17, 15) is 9.59 Å². The van der Waals surface area contributed by atoms with Gasteiger partial charge in [-0.2, -0.15) is 0 Å². The second kappa shape index (κ2) is 7.44. The monoisotopic (exact) mass is 234 g/mol. The van der Waals surface area contributed by atoms with E-state index < -0.39 is 0 Å². The first-order valence-corrected chi connectivity index (χ1v) is 5.73. The van der Waals surface area contributed by atoms with E-state index in [0.29, 0.717) is 19.5 Å². The van der Waals surface area contributed by atoms with Gasteiger partial charge in [0.25, 0.3) is 0 Å². The SMILES string of the molecule is CC(=O)CCNC(=O)NCCc1ccccc1. The Balaban J connectivity index is 2.10. The van der Waals surface area contributed by atoms with Crippen molar-refractivity contribution in [2.75, 3.05) is 13.1 Å². The Bertz CT molecular complexity index is 363. The number of Topliss-reactive ketones (excluding diaryl/α,β-unsaturated/α-hetero) is 1. The second-order valence-electron chi connectivity index (χ2n) is 3.87. The van der Waals surface area contributed by atoms with Crippen molar-refractivity contribution in [1.29, 1.82) is 0 Å². The fourth-order valence-corrected chi connectivity index (χ4v) is 1.38. The number of ketones is 1. The highest BCUT2D eigenvalue weighted by Gasteiger charge is 2.00.